The molecule has 2 aliphatic carbocycles. The second-order valence-corrected chi connectivity index (χ2v) is 17.6. The lowest BCUT2D eigenvalue weighted by atomic mass is 9.67. The molecule has 0 saturated heterocycles. The highest BCUT2D eigenvalue weighted by Gasteiger charge is 2.47. The molecular formula is C59H43NS. The number of hydrogen-bond acceptors (Lipinski definition) is 2. The molecule has 61 heavy (non-hydrogen) atoms. The molecule has 0 fully saturated rings. The highest BCUT2D eigenvalue weighted by Crippen LogP contribution is 2.59. The van der Waals surface area contributed by atoms with Gasteiger partial charge < -0.3 is 4.90 Å². The van der Waals surface area contributed by atoms with E-state index < -0.39 is 5.41 Å². The van der Waals surface area contributed by atoms with Crippen LogP contribution in [0.4, 0.5) is 17.1 Å². The van der Waals surface area contributed by atoms with Gasteiger partial charge in [-0.2, -0.15) is 0 Å². The minimum atomic E-state index is -0.538. The third-order valence-electron chi connectivity index (χ3n) is 13.4. The van der Waals surface area contributed by atoms with Gasteiger partial charge in [0, 0.05) is 26.7 Å². The van der Waals surface area contributed by atoms with E-state index in [0.717, 1.165) is 17.8 Å². The van der Waals surface area contributed by atoms with Gasteiger partial charge in [0.2, 0.25) is 0 Å². The van der Waals surface area contributed by atoms with Gasteiger partial charge in [0.1, 0.15) is 0 Å². The van der Waals surface area contributed by atoms with E-state index in [2.05, 4.69) is 217 Å². The van der Waals surface area contributed by atoms with Crippen molar-refractivity contribution in [2.24, 2.45) is 0 Å². The van der Waals surface area contributed by atoms with Crippen molar-refractivity contribution in [2.75, 3.05) is 4.90 Å². The molecule has 1 nitrogen and oxygen atoms in total. The Labute approximate surface area is 361 Å². The molecular weight excluding hydrogens is 755 g/mol. The predicted octanol–water partition coefficient (Wildman–Crippen LogP) is 16.1. The predicted molar refractivity (Wildman–Crippen MR) is 259 cm³/mol. The number of rotatable bonds is 7. The summed E-state index contributed by atoms with van der Waals surface area (Å²) in [7, 11) is 0. The first-order valence-corrected chi connectivity index (χ1v) is 22.5. The first-order chi connectivity index (χ1) is 30.3. The van der Waals surface area contributed by atoms with Crippen molar-refractivity contribution in [1.82, 2.24) is 0 Å². The Morgan fingerprint density at radius 1 is 0.410 bits per heavy atom. The van der Waals surface area contributed by atoms with Crippen LogP contribution in [0.1, 0.15) is 46.2 Å². The number of aryl methyl sites for hydroxylation is 1. The van der Waals surface area contributed by atoms with Gasteiger partial charge in [-0.25, -0.2) is 0 Å². The van der Waals surface area contributed by atoms with Crippen molar-refractivity contribution in [2.45, 2.75) is 31.1 Å². The van der Waals surface area contributed by atoms with Crippen LogP contribution in [-0.2, 0) is 18.3 Å². The molecule has 0 amide bonds. The summed E-state index contributed by atoms with van der Waals surface area (Å²) >= 11 is 1.89. The molecule has 1 aromatic heterocycles. The average molecular weight is 798 g/mol. The van der Waals surface area contributed by atoms with E-state index in [0.29, 0.717) is 0 Å². The van der Waals surface area contributed by atoms with Crippen LogP contribution in [0.5, 0.6) is 0 Å². The molecule has 2 aliphatic rings. The fraction of sp³-hybridized carbons (Fsp3) is 0.0847. The van der Waals surface area contributed by atoms with Crippen molar-refractivity contribution in [3.05, 3.63) is 246 Å². The monoisotopic (exact) mass is 797 g/mol. The minimum Gasteiger partial charge on any atom is -0.308 e. The Hall–Kier alpha value is -7.00. The third kappa shape index (κ3) is 5.66. The summed E-state index contributed by atoms with van der Waals surface area (Å²) in [5.74, 6) is 0. The lowest BCUT2D eigenvalue weighted by Crippen LogP contribution is -2.28. The molecule has 0 unspecified atom stereocenters. The van der Waals surface area contributed by atoms with Crippen LogP contribution in [0.25, 0.3) is 53.6 Å². The van der Waals surface area contributed by atoms with Crippen LogP contribution in [0, 0.1) is 0 Å². The first-order valence-electron chi connectivity index (χ1n) is 21.6. The molecule has 290 valence electrons. The standard InChI is InChI=1S/C59H43NS/c1-4-20-43(21-5-1)59(44-22-6-2-7-23-44)53-31-14-12-27-48(53)52-38-51(42-36-34-41(35-37-42)47-29-16-19-40-18-10-11-26-46(40)47)56(39-54(52)59)60(45-24-8-3-9-25-45)55-32-17-30-50-49-28-13-15-33-57(49)61-58(50)55/h1-9,12-17,19-25,27-39H,10-11,18,26H2. The van der Waals surface area contributed by atoms with Gasteiger partial charge in [0.15, 0.2) is 0 Å². The fourth-order valence-corrected chi connectivity index (χ4v) is 11.9. The van der Waals surface area contributed by atoms with Crippen LogP contribution in [0.3, 0.4) is 0 Å². The molecule has 12 rings (SSSR count). The Balaban J connectivity index is 1.17. The zero-order valence-corrected chi connectivity index (χ0v) is 34.7. The highest BCUT2D eigenvalue weighted by molar-refractivity contribution is 7.26. The Morgan fingerprint density at radius 3 is 1.79 bits per heavy atom. The van der Waals surface area contributed by atoms with Crippen molar-refractivity contribution in [1.29, 1.82) is 0 Å². The molecule has 0 saturated carbocycles. The smallest absolute Gasteiger partial charge is 0.0714 e. The second kappa shape index (κ2) is 14.6. The topological polar surface area (TPSA) is 3.24 Å². The SMILES string of the molecule is c1ccc(N(c2cc3c(cc2-c2ccc(-c4cccc5c4CCCC5)cc2)-c2ccccc2C3(c2ccccc2)c2ccccc2)c2cccc3c2sc2ccccc23)cc1. The number of nitrogens with zero attached hydrogens (tertiary/aromatic N) is 1. The van der Waals surface area contributed by atoms with E-state index in [4.69, 9.17) is 0 Å². The number of fused-ring (bicyclic) bond motifs is 7. The summed E-state index contributed by atoms with van der Waals surface area (Å²) in [6.07, 6.45) is 4.87. The average Bonchev–Trinajstić information content (AvgIpc) is 3.86. The maximum absolute atomic E-state index is 2.55. The van der Waals surface area contributed by atoms with Crippen molar-refractivity contribution in [3.8, 4) is 33.4 Å². The first kappa shape index (κ1) is 35.9. The minimum absolute atomic E-state index is 0.538. The molecule has 9 aromatic carbocycles. The largest absolute Gasteiger partial charge is 0.308 e. The van der Waals surface area contributed by atoms with E-state index in [-0.39, 0.29) is 0 Å². The van der Waals surface area contributed by atoms with E-state index in [9.17, 15) is 0 Å². The molecule has 2 heteroatoms. The molecule has 0 radical (unpaired) electrons. The van der Waals surface area contributed by atoms with Crippen molar-refractivity contribution < 1.29 is 0 Å². The molecule has 0 bridgehead atoms. The quantitative estimate of drug-likeness (QED) is 0.155. The molecule has 1 heterocycles. The normalized spacial score (nSPS) is 13.8. The fourth-order valence-electron chi connectivity index (χ4n) is 10.7. The van der Waals surface area contributed by atoms with E-state index in [1.54, 1.807) is 0 Å². The molecule has 0 atom stereocenters. The van der Waals surface area contributed by atoms with Crippen LogP contribution < -0.4 is 4.90 Å². The Morgan fingerprint density at radius 2 is 1.02 bits per heavy atom. The van der Waals surface area contributed by atoms with E-state index in [1.807, 2.05) is 11.3 Å². The van der Waals surface area contributed by atoms with Gasteiger partial charge in [0.25, 0.3) is 0 Å². The number of para-hydroxylation sites is 1. The zero-order valence-electron chi connectivity index (χ0n) is 33.9. The van der Waals surface area contributed by atoms with Crippen LogP contribution >= 0.6 is 11.3 Å². The van der Waals surface area contributed by atoms with Crippen LogP contribution in [0.15, 0.2) is 212 Å². The van der Waals surface area contributed by atoms with Crippen LogP contribution in [0.2, 0.25) is 0 Å². The summed E-state index contributed by atoms with van der Waals surface area (Å²) in [5.41, 5.74) is 18.7. The number of anilines is 3. The summed E-state index contributed by atoms with van der Waals surface area (Å²) in [5, 5.41) is 2.58. The van der Waals surface area contributed by atoms with Gasteiger partial charge in [-0.05, 0) is 123 Å². The van der Waals surface area contributed by atoms with E-state index >= 15 is 0 Å². The van der Waals surface area contributed by atoms with Crippen LogP contribution in [-0.4, -0.2) is 0 Å². The zero-order chi connectivity index (χ0) is 40.3. The van der Waals surface area contributed by atoms with Gasteiger partial charge in [0.05, 0.1) is 21.5 Å². The summed E-state index contributed by atoms with van der Waals surface area (Å²) in [6.45, 7) is 0. The molecule has 0 N–H and O–H groups in total. The Bertz CT molecular complexity index is 3200. The summed E-state index contributed by atoms with van der Waals surface area (Å²) in [4.78, 5) is 2.54. The number of benzene rings is 9. The molecule has 0 aliphatic heterocycles. The van der Waals surface area contributed by atoms with Gasteiger partial charge in [-0.3, -0.25) is 0 Å². The highest BCUT2D eigenvalue weighted by atomic mass is 32.1. The van der Waals surface area contributed by atoms with Gasteiger partial charge in [-0.1, -0.05) is 176 Å². The molecule has 0 spiro atoms. The summed E-state index contributed by atoms with van der Waals surface area (Å²) in [6, 6.07) is 79.6. The third-order valence-corrected chi connectivity index (χ3v) is 14.6. The Kier molecular flexibility index (Phi) is 8.61. The second-order valence-electron chi connectivity index (χ2n) is 16.6. The van der Waals surface area contributed by atoms with Gasteiger partial charge in [-0.15, -0.1) is 11.3 Å². The maximum atomic E-state index is 2.55. The van der Waals surface area contributed by atoms with Gasteiger partial charge >= 0.3 is 0 Å². The number of hydrogen-bond donors (Lipinski definition) is 0. The lowest BCUT2D eigenvalue weighted by molar-refractivity contribution is 0.687. The summed E-state index contributed by atoms with van der Waals surface area (Å²) < 4.78 is 2.58. The molecule has 10 aromatic rings. The number of thiophene rings is 1. The maximum Gasteiger partial charge on any atom is 0.0714 e. The van der Waals surface area contributed by atoms with Crippen molar-refractivity contribution in [3.63, 3.8) is 0 Å². The lowest BCUT2D eigenvalue weighted by Gasteiger charge is -2.35. The van der Waals surface area contributed by atoms with E-state index in [1.165, 1.54) is 112 Å². The van der Waals surface area contributed by atoms with Crippen molar-refractivity contribution >= 4 is 48.6 Å².